The van der Waals surface area contributed by atoms with Crippen molar-refractivity contribution in [2.24, 2.45) is 5.10 Å². The van der Waals surface area contributed by atoms with E-state index in [-0.39, 0.29) is 11.7 Å². The summed E-state index contributed by atoms with van der Waals surface area (Å²) in [4.78, 5) is 19.7. The van der Waals surface area contributed by atoms with Crippen molar-refractivity contribution in [2.45, 2.75) is 18.7 Å². The van der Waals surface area contributed by atoms with Gasteiger partial charge in [-0.25, -0.2) is 10.4 Å². The number of imidazole rings is 1. The van der Waals surface area contributed by atoms with E-state index in [9.17, 15) is 4.79 Å². The number of amides is 1. The second-order valence-corrected chi connectivity index (χ2v) is 8.29. The van der Waals surface area contributed by atoms with Crippen LogP contribution in [0, 0.1) is 6.92 Å². The molecular formula is C25H24N4O3S. The van der Waals surface area contributed by atoms with Crippen LogP contribution in [0.15, 0.2) is 77.0 Å². The van der Waals surface area contributed by atoms with Crippen LogP contribution in [0.2, 0.25) is 0 Å². The Morgan fingerprint density at radius 2 is 1.94 bits per heavy atom. The minimum atomic E-state index is -0.221. The van der Waals surface area contributed by atoms with Gasteiger partial charge in [-0.15, -0.1) is 0 Å². The number of methoxy groups -OCH3 is 1. The molecule has 0 saturated heterocycles. The first-order valence-corrected chi connectivity index (χ1v) is 11.3. The first-order chi connectivity index (χ1) is 16.1. The molecular weight excluding hydrogens is 436 g/mol. The highest BCUT2D eigenvalue weighted by molar-refractivity contribution is 7.99. The lowest BCUT2D eigenvalue weighted by Crippen LogP contribution is -2.19. The van der Waals surface area contributed by atoms with Gasteiger partial charge in [-0.1, -0.05) is 53.7 Å². The van der Waals surface area contributed by atoms with Gasteiger partial charge in [-0.2, -0.15) is 5.10 Å². The SMILES string of the molecule is COc1cc(/C=N/NC(=O)CSc2nc3ccccc3[nH]2)ccc1OCc1ccc(C)cc1. The van der Waals surface area contributed by atoms with Crippen LogP contribution in [-0.4, -0.2) is 35.0 Å². The maximum Gasteiger partial charge on any atom is 0.250 e. The maximum atomic E-state index is 12.1. The number of H-pyrrole nitrogens is 1. The molecule has 0 spiro atoms. The van der Waals surface area contributed by atoms with Crippen LogP contribution in [0.3, 0.4) is 0 Å². The predicted molar refractivity (Wildman–Crippen MR) is 131 cm³/mol. The van der Waals surface area contributed by atoms with E-state index in [1.54, 1.807) is 13.3 Å². The first-order valence-electron chi connectivity index (χ1n) is 10.4. The third-order valence-corrected chi connectivity index (χ3v) is 5.69. The van der Waals surface area contributed by atoms with E-state index in [0.29, 0.717) is 23.3 Å². The number of benzene rings is 3. The summed E-state index contributed by atoms with van der Waals surface area (Å²) in [6, 6.07) is 21.4. The standard InChI is InChI=1S/C25H24N4O3S/c1-17-7-9-18(10-8-17)15-32-22-12-11-19(13-23(22)31-2)14-26-29-24(30)16-33-25-27-20-5-3-4-6-21(20)28-25/h3-14H,15-16H2,1-2H3,(H,27,28)(H,29,30)/b26-14+. The predicted octanol–water partition coefficient (Wildman–Crippen LogP) is 4.70. The monoisotopic (exact) mass is 460 g/mol. The molecule has 8 heteroatoms. The summed E-state index contributed by atoms with van der Waals surface area (Å²) in [5.41, 5.74) is 7.42. The Balaban J connectivity index is 1.28. The Morgan fingerprint density at radius 3 is 2.73 bits per heavy atom. The maximum absolute atomic E-state index is 12.1. The van der Waals surface area contributed by atoms with E-state index < -0.39 is 0 Å². The molecule has 33 heavy (non-hydrogen) atoms. The number of aromatic amines is 1. The number of aryl methyl sites for hydroxylation is 1. The Morgan fingerprint density at radius 1 is 1.12 bits per heavy atom. The molecule has 7 nitrogen and oxygen atoms in total. The summed E-state index contributed by atoms with van der Waals surface area (Å²) in [6.07, 6.45) is 1.57. The second kappa shape index (κ2) is 10.7. The number of fused-ring (bicyclic) bond motifs is 1. The van der Waals surface area contributed by atoms with Crippen LogP contribution in [0.5, 0.6) is 11.5 Å². The molecule has 0 aliphatic heterocycles. The lowest BCUT2D eigenvalue weighted by Gasteiger charge is -2.11. The Bertz CT molecular complexity index is 1240. The average molecular weight is 461 g/mol. The minimum Gasteiger partial charge on any atom is -0.493 e. The number of hydrogen-bond donors (Lipinski definition) is 2. The number of rotatable bonds is 9. The molecule has 168 valence electrons. The number of aromatic nitrogens is 2. The van der Waals surface area contributed by atoms with Gasteiger partial charge in [-0.05, 0) is 48.4 Å². The molecule has 0 fully saturated rings. The highest BCUT2D eigenvalue weighted by Crippen LogP contribution is 2.28. The third kappa shape index (κ3) is 6.14. The summed E-state index contributed by atoms with van der Waals surface area (Å²) in [7, 11) is 1.59. The number of nitrogens with zero attached hydrogens (tertiary/aromatic N) is 2. The number of nitrogens with one attached hydrogen (secondary N) is 2. The molecule has 0 unspecified atom stereocenters. The molecule has 0 aliphatic carbocycles. The molecule has 0 atom stereocenters. The van der Waals surface area contributed by atoms with E-state index in [0.717, 1.165) is 22.2 Å². The van der Waals surface area contributed by atoms with E-state index in [4.69, 9.17) is 9.47 Å². The first kappa shape index (κ1) is 22.4. The smallest absolute Gasteiger partial charge is 0.250 e. The van der Waals surface area contributed by atoms with Crippen molar-refractivity contribution < 1.29 is 14.3 Å². The van der Waals surface area contributed by atoms with E-state index in [2.05, 4.69) is 39.6 Å². The Labute approximate surface area is 196 Å². The van der Waals surface area contributed by atoms with Gasteiger partial charge >= 0.3 is 0 Å². The fourth-order valence-corrected chi connectivity index (χ4v) is 3.75. The molecule has 1 amide bonds. The van der Waals surface area contributed by atoms with Crippen molar-refractivity contribution in [2.75, 3.05) is 12.9 Å². The second-order valence-electron chi connectivity index (χ2n) is 7.33. The molecule has 4 rings (SSSR count). The third-order valence-electron chi connectivity index (χ3n) is 4.81. The zero-order chi connectivity index (χ0) is 23.0. The zero-order valence-corrected chi connectivity index (χ0v) is 19.2. The molecule has 0 bridgehead atoms. The fourth-order valence-electron chi connectivity index (χ4n) is 3.07. The topological polar surface area (TPSA) is 88.6 Å². The van der Waals surface area contributed by atoms with Crippen molar-refractivity contribution >= 4 is 34.9 Å². The molecule has 2 N–H and O–H groups in total. The quantitative estimate of drug-likeness (QED) is 0.215. The van der Waals surface area contributed by atoms with Gasteiger partial charge in [-0.3, -0.25) is 4.79 Å². The number of carbonyl (C=O) groups is 1. The van der Waals surface area contributed by atoms with E-state index in [1.807, 2.05) is 54.6 Å². The summed E-state index contributed by atoms with van der Waals surface area (Å²) in [5.74, 6) is 1.22. The van der Waals surface area contributed by atoms with Gasteiger partial charge in [0, 0.05) is 0 Å². The minimum absolute atomic E-state index is 0.201. The van der Waals surface area contributed by atoms with Crippen molar-refractivity contribution in [3.8, 4) is 11.5 Å². The van der Waals surface area contributed by atoms with Gasteiger partial charge in [0.05, 0.1) is 30.1 Å². The number of hydrazone groups is 1. The van der Waals surface area contributed by atoms with Gasteiger partial charge in [0.2, 0.25) is 0 Å². The molecule has 1 heterocycles. The Hall–Kier alpha value is -3.78. The lowest BCUT2D eigenvalue weighted by molar-refractivity contribution is -0.118. The summed E-state index contributed by atoms with van der Waals surface area (Å²) < 4.78 is 11.3. The van der Waals surface area contributed by atoms with E-state index >= 15 is 0 Å². The van der Waals surface area contributed by atoms with Crippen LogP contribution in [-0.2, 0) is 11.4 Å². The van der Waals surface area contributed by atoms with Crippen molar-refractivity contribution in [1.82, 2.24) is 15.4 Å². The molecule has 3 aromatic carbocycles. The number of ether oxygens (including phenoxy) is 2. The number of para-hydroxylation sites is 2. The van der Waals surface area contributed by atoms with Crippen LogP contribution in [0.1, 0.15) is 16.7 Å². The van der Waals surface area contributed by atoms with E-state index in [1.165, 1.54) is 17.3 Å². The molecule has 1 aromatic heterocycles. The largest absolute Gasteiger partial charge is 0.493 e. The highest BCUT2D eigenvalue weighted by atomic mass is 32.2. The van der Waals surface area contributed by atoms with Gasteiger partial charge < -0.3 is 14.5 Å². The molecule has 0 saturated carbocycles. The van der Waals surface area contributed by atoms with Crippen LogP contribution in [0.25, 0.3) is 11.0 Å². The van der Waals surface area contributed by atoms with Crippen molar-refractivity contribution in [3.63, 3.8) is 0 Å². The number of hydrogen-bond acceptors (Lipinski definition) is 6. The lowest BCUT2D eigenvalue weighted by atomic mass is 10.2. The van der Waals surface area contributed by atoms with Gasteiger partial charge in [0.1, 0.15) is 6.61 Å². The van der Waals surface area contributed by atoms with Crippen LogP contribution >= 0.6 is 11.8 Å². The fraction of sp³-hybridized carbons (Fsp3) is 0.160. The summed E-state index contributed by atoms with van der Waals surface area (Å²) in [5, 5.41) is 4.73. The van der Waals surface area contributed by atoms with Crippen molar-refractivity contribution in [3.05, 3.63) is 83.4 Å². The highest BCUT2D eigenvalue weighted by Gasteiger charge is 2.08. The van der Waals surface area contributed by atoms with Gasteiger partial charge in [0.25, 0.3) is 5.91 Å². The molecule has 4 aromatic rings. The average Bonchev–Trinajstić information content (AvgIpc) is 3.26. The summed E-state index contributed by atoms with van der Waals surface area (Å²) >= 11 is 1.32. The number of carbonyl (C=O) groups excluding carboxylic acids is 1. The normalized spacial score (nSPS) is 11.1. The van der Waals surface area contributed by atoms with Gasteiger partial charge in [0.15, 0.2) is 16.7 Å². The Kier molecular flexibility index (Phi) is 7.26. The molecule has 0 aliphatic rings. The van der Waals surface area contributed by atoms with Crippen LogP contribution < -0.4 is 14.9 Å². The molecule has 0 radical (unpaired) electrons. The van der Waals surface area contributed by atoms with Crippen molar-refractivity contribution in [1.29, 1.82) is 0 Å². The number of thioether (sulfide) groups is 1. The zero-order valence-electron chi connectivity index (χ0n) is 18.4. The van der Waals surface area contributed by atoms with Crippen LogP contribution in [0.4, 0.5) is 0 Å². The summed E-state index contributed by atoms with van der Waals surface area (Å²) in [6.45, 7) is 2.50.